The summed E-state index contributed by atoms with van der Waals surface area (Å²) in [7, 11) is 0. The molecule has 1 saturated carbocycles. The molecule has 2 atom stereocenters. The van der Waals surface area contributed by atoms with Crippen molar-refractivity contribution < 1.29 is 4.79 Å². The monoisotopic (exact) mass is 263 g/mol. The lowest BCUT2D eigenvalue weighted by molar-refractivity contribution is -0.120. The molecule has 0 bridgehead atoms. The topological polar surface area (TPSA) is 78.9 Å². The Morgan fingerprint density at radius 3 is 2.89 bits per heavy atom. The highest BCUT2D eigenvalue weighted by Crippen LogP contribution is 2.28. The molecule has 2 rings (SSSR count). The lowest BCUT2D eigenvalue weighted by atomic mass is 10.0. The van der Waals surface area contributed by atoms with Gasteiger partial charge in [-0.05, 0) is 31.0 Å². The van der Waals surface area contributed by atoms with Crippen LogP contribution in [0.5, 0.6) is 0 Å². The van der Waals surface area contributed by atoms with Crippen LogP contribution in [-0.2, 0) is 4.79 Å². The summed E-state index contributed by atoms with van der Waals surface area (Å²) in [6, 6.07) is 6.71. The number of nitrogens with zero attached hydrogens (tertiary/aromatic N) is 1. The van der Waals surface area contributed by atoms with Crippen LogP contribution < -0.4 is 11.1 Å². The lowest BCUT2D eigenvalue weighted by Crippen LogP contribution is -2.34. The van der Waals surface area contributed by atoms with Crippen molar-refractivity contribution in [2.24, 2.45) is 11.7 Å². The number of nitrogens with two attached hydrogens (primary N) is 1. The standard InChI is InChI=1S/C13H14ClN3O/c14-10-5-4-8(7-15)6-12(10)17-13(18)9-2-1-3-11(9)16/h4-6,9,11H,1-3,16H2,(H,17,18). The minimum atomic E-state index is -0.160. The first-order chi connectivity index (χ1) is 8.61. The van der Waals surface area contributed by atoms with Gasteiger partial charge in [0.2, 0.25) is 5.91 Å². The molecule has 94 valence electrons. The Morgan fingerprint density at radius 1 is 1.50 bits per heavy atom. The van der Waals surface area contributed by atoms with E-state index in [1.54, 1.807) is 18.2 Å². The number of carbonyl (C=O) groups excluding carboxylic acids is 1. The molecule has 1 aliphatic rings. The molecule has 5 heteroatoms. The summed E-state index contributed by atoms with van der Waals surface area (Å²) < 4.78 is 0. The summed E-state index contributed by atoms with van der Waals surface area (Å²) in [6.07, 6.45) is 2.66. The van der Waals surface area contributed by atoms with Gasteiger partial charge in [-0.2, -0.15) is 5.26 Å². The van der Waals surface area contributed by atoms with Crippen LogP contribution in [0, 0.1) is 17.2 Å². The van der Waals surface area contributed by atoms with E-state index in [1.165, 1.54) is 0 Å². The van der Waals surface area contributed by atoms with Gasteiger partial charge >= 0.3 is 0 Å². The molecule has 4 nitrogen and oxygen atoms in total. The van der Waals surface area contributed by atoms with E-state index in [-0.39, 0.29) is 17.9 Å². The molecule has 0 spiro atoms. The first-order valence-electron chi connectivity index (χ1n) is 5.88. The second-order valence-electron chi connectivity index (χ2n) is 4.50. The molecule has 1 aliphatic carbocycles. The molecule has 0 saturated heterocycles. The maximum atomic E-state index is 12.0. The predicted molar refractivity (Wildman–Crippen MR) is 70.1 cm³/mol. The van der Waals surface area contributed by atoms with Crippen molar-refractivity contribution in [1.29, 1.82) is 5.26 Å². The van der Waals surface area contributed by atoms with E-state index in [4.69, 9.17) is 22.6 Å². The van der Waals surface area contributed by atoms with Crippen LogP contribution in [0.25, 0.3) is 0 Å². The molecule has 0 heterocycles. The van der Waals surface area contributed by atoms with E-state index in [0.717, 1.165) is 19.3 Å². The third-order valence-electron chi connectivity index (χ3n) is 3.26. The fourth-order valence-corrected chi connectivity index (χ4v) is 2.40. The number of carbonyl (C=O) groups is 1. The average Bonchev–Trinajstić information content (AvgIpc) is 2.78. The van der Waals surface area contributed by atoms with Crippen LogP contribution >= 0.6 is 11.6 Å². The van der Waals surface area contributed by atoms with E-state index < -0.39 is 0 Å². The van der Waals surface area contributed by atoms with Gasteiger partial charge in [-0.15, -0.1) is 0 Å². The van der Waals surface area contributed by atoms with E-state index in [2.05, 4.69) is 5.32 Å². The number of nitriles is 1. The maximum absolute atomic E-state index is 12.0. The summed E-state index contributed by atoms with van der Waals surface area (Å²) >= 11 is 5.98. The van der Waals surface area contributed by atoms with Gasteiger partial charge in [0.05, 0.1) is 28.3 Å². The summed E-state index contributed by atoms with van der Waals surface area (Å²) in [5, 5.41) is 12.0. The van der Waals surface area contributed by atoms with Crippen molar-refractivity contribution in [2.45, 2.75) is 25.3 Å². The van der Waals surface area contributed by atoms with Crippen molar-refractivity contribution in [2.75, 3.05) is 5.32 Å². The molecule has 1 aromatic carbocycles. The van der Waals surface area contributed by atoms with Crippen molar-refractivity contribution in [3.8, 4) is 6.07 Å². The number of hydrogen-bond acceptors (Lipinski definition) is 3. The quantitative estimate of drug-likeness (QED) is 0.859. The zero-order chi connectivity index (χ0) is 13.1. The Bertz CT molecular complexity index is 509. The van der Waals surface area contributed by atoms with Gasteiger partial charge in [-0.25, -0.2) is 0 Å². The van der Waals surface area contributed by atoms with Crippen molar-refractivity contribution in [3.63, 3.8) is 0 Å². The molecule has 3 N–H and O–H groups in total. The number of halogens is 1. The fourth-order valence-electron chi connectivity index (χ4n) is 2.23. The molecule has 2 unspecified atom stereocenters. The first-order valence-corrected chi connectivity index (χ1v) is 6.25. The number of rotatable bonds is 2. The largest absolute Gasteiger partial charge is 0.327 e. The van der Waals surface area contributed by atoms with Crippen LogP contribution in [-0.4, -0.2) is 11.9 Å². The molecule has 1 aromatic rings. The third-order valence-corrected chi connectivity index (χ3v) is 3.59. The predicted octanol–water partition coefficient (Wildman–Crippen LogP) is 2.28. The molecule has 0 aromatic heterocycles. The van der Waals surface area contributed by atoms with Crippen molar-refractivity contribution in [3.05, 3.63) is 28.8 Å². The van der Waals surface area contributed by atoms with E-state index in [1.807, 2.05) is 6.07 Å². The molecule has 1 amide bonds. The van der Waals surface area contributed by atoms with Gasteiger partial charge in [0, 0.05) is 6.04 Å². The summed E-state index contributed by atoms with van der Waals surface area (Å²) in [4.78, 5) is 12.0. The van der Waals surface area contributed by atoms with Gasteiger partial charge < -0.3 is 11.1 Å². The second-order valence-corrected chi connectivity index (χ2v) is 4.90. The minimum absolute atomic E-state index is 0.0806. The van der Waals surface area contributed by atoms with Crippen LogP contribution in [0.1, 0.15) is 24.8 Å². The molecule has 1 fully saturated rings. The summed E-state index contributed by atoms with van der Waals surface area (Å²) in [6.45, 7) is 0. The number of benzene rings is 1. The highest BCUT2D eigenvalue weighted by molar-refractivity contribution is 6.33. The Balaban J connectivity index is 2.14. The zero-order valence-corrected chi connectivity index (χ0v) is 10.6. The fraction of sp³-hybridized carbons (Fsp3) is 0.385. The highest BCUT2D eigenvalue weighted by Gasteiger charge is 2.30. The molecular formula is C13H14ClN3O. The Hall–Kier alpha value is -1.57. The third kappa shape index (κ3) is 2.63. The molecule has 18 heavy (non-hydrogen) atoms. The zero-order valence-electron chi connectivity index (χ0n) is 9.82. The molecule has 0 radical (unpaired) electrons. The highest BCUT2D eigenvalue weighted by atomic mass is 35.5. The van der Waals surface area contributed by atoms with Gasteiger partial charge in [-0.3, -0.25) is 4.79 Å². The average molecular weight is 264 g/mol. The smallest absolute Gasteiger partial charge is 0.229 e. The van der Waals surface area contributed by atoms with Gasteiger partial charge in [-0.1, -0.05) is 18.0 Å². The second kappa shape index (κ2) is 5.38. The Kier molecular flexibility index (Phi) is 3.85. The van der Waals surface area contributed by atoms with Crippen LogP contribution in [0.15, 0.2) is 18.2 Å². The Labute approximate surface area is 111 Å². The number of hydrogen-bond donors (Lipinski definition) is 2. The van der Waals surface area contributed by atoms with E-state index in [9.17, 15) is 4.79 Å². The minimum Gasteiger partial charge on any atom is -0.327 e. The van der Waals surface area contributed by atoms with Crippen LogP contribution in [0.3, 0.4) is 0 Å². The van der Waals surface area contributed by atoms with E-state index in [0.29, 0.717) is 16.3 Å². The van der Waals surface area contributed by atoms with Crippen LogP contribution in [0.2, 0.25) is 5.02 Å². The number of anilines is 1. The van der Waals surface area contributed by atoms with Crippen molar-refractivity contribution >= 4 is 23.2 Å². The SMILES string of the molecule is N#Cc1ccc(Cl)c(NC(=O)C2CCCC2N)c1. The lowest BCUT2D eigenvalue weighted by Gasteiger charge is -2.15. The maximum Gasteiger partial charge on any atom is 0.229 e. The Morgan fingerprint density at radius 2 is 2.28 bits per heavy atom. The molecular weight excluding hydrogens is 250 g/mol. The number of nitrogens with one attached hydrogen (secondary N) is 1. The molecule has 0 aliphatic heterocycles. The van der Waals surface area contributed by atoms with Crippen LogP contribution in [0.4, 0.5) is 5.69 Å². The van der Waals surface area contributed by atoms with E-state index >= 15 is 0 Å². The van der Waals surface area contributed by atoms with Crippen molar-refractivity contribution in [1.82, 2.24) is 0 Å². The van der Waals surface area contributed by atoms with Gasteiger partial charge in [0.25, 0.3) is 0 Å². The first kappa shape index (κ1) is 12.9. The van der Waals surface area contributed by atoms with Gasteiger partial charge in [0.15, 0.2) is 0 Å². The normalized spacial score (nSPS) is 22.5. The summed E-state index contributed by atoms with van der Waals surface area (Å²) in [5.41, 5.74) is 6.82. The number of amides is 1. The summed E-state index contributed by atoms with van der Waals surface area (Å²) in [5.74, 6) is -0.274. The van der Waals surface area contributed by atoms with Gasteiger partial charge in [0.1, 0.15) is 0 Å².